The molecule has 2 rings (SSSR count). The van der Waals surface area contributed by atoms with E-state index in [1.54, 1.807) is 23.3 Å². The zero-order valence-electron chi connectivity index (χ0n) is 11.0. The van der Waals surface area contributed by atoms with Crippen LogP contribution in [0.3, 0.4) is 0 Å². The molecule has 2 heterocycles. The summed E-state index contributed by atoms with van der Waals surface area (Å²) in [5.41, 5.74) is 0.368. The Kier molecular flexibility index (Phi) is 4.09. The minimum absolute atomic E-state index is 0.104. The lowest BCUT2D eigenvalue weighted by Gasteiger charge is -2.21. The van der Waals surface area contributed by atoms with Crippen molar-refractivity contribution in [3.05, 3.63) is 53.4 Å². The molecule has 0 saturated carbocycles. The molecule has 0 saturated heterocycles. The molecule has 1 aromatic heterocycles. The van der Waals surface area contributed by atoms with Crippen LogP contribution in [0.4, 0.5) is 11.8 Å². The SMILES string of the molecule is C=CCC1=NC=CCN1c1nc(CC=C)c([N+](=O)[O-])[nH]1. The molecule has 1 aliphatic heterocycles. The molecule has 0 aromatic carbocycles. The zero-order chi connectivity index (χ0) is 14.5. The van der Waals surface area contributed by atoms with Crippen LogP contribution < -0.4 is 4.90 Å². The highest BCUT2D eigenvalue weighted by atomic mass is 16.6. The van der Waals surface area contributed by atoms with Gasteiger partial charge in [0.25, 0.3) is 0 Å². The van der Waals surface area contributed by atoms with Crippen LogP contribution in [0.25, 0.3) is 0 Å². The van der Waals surface area contributed by atoms with E-state index in [1.807, 2.05) is 6.08 Å². The average Bonchev–Trinajstić information content (AvgIpc) is 2.84. The van der Waals surface area contributed by atoms with Crippen LogP contribution in [0.15, 0.2) is 42.6 Å². The number of aliphatic imine (C=N–C) groups is 1. The highest BCUT2D eigenvalue weighted by Gasteiger charge is 2.25. The Labute approximate surface area is 116 Å². The number of nitro groups is 1. The van der Waals surface area contributed by atoms with Gasteiger partial charge in [-0.25, -0.2) is 9.98 Å². The predicted octanol–water partition coefficient (Wildman–Crippen LogP) is 2.35. The smallest absolute Gasteiger partial charge is 0.345 e. The zero-order valence-corrected chi connectivity index (χ0v) is 11.0. The van der Waals surface area contributed by atoms with Crippen LogP contribution in [0.1, 0.15) is 12.1 Å². The van der Waals surface area contributed by atoms with E-state index in [0.29, 0.717) is 31.0 Å². The van der Waals surface area contributed by atoms with Gasteiger partial charge in [0.05, 0.1) is 0 Å². The molecule has 1 N–H and O–H groups in total. The number of nitrogens with one attached hydrogen (secondary N) is 1. The minimum Gasteiger partial charge on any atom is -0.358 e. The van der Waals surface area contributed by atoms with Gasteiger partial charge in [0, 0.05) is 25.6 Å². The third kappa shape index (κ3) is 2.66. The van der Waals surface area contributed by atoms with Gasteiger partial charge < -0.3 is 10.1 Å². The standard InChI is InChI=1S/C13H15N5O2/c1-3-6-10-12(18(19)20)16-13(15-10)17-9-5-8-14-11(17)7-4-2/h3-5,8H,1-2,6-7,9H2,(H,15,16). The van der Waals surface area contributed by atoms with Crippen molar-refractivity contribution in [1.29, 1.82) is 0 Å². The third-order valence-corrected chi connectivity index (χ3v) is 2.78. The first kappa shape index (κ1) is 13.7. The van der Waals surface area contributed by atoms with Crippen LogP contribution in [-0.2, 0) is 6.42 Å². The van der Waals surface area contributed by atoms with E-state index < -0.39 is 4.92 Å². The molecular formula is C13H15N5O2. The molecule has 0 bridgehead atoms. The first-order valence-corrected chi connectivity index (χ1v) is 6.11. The van der Waals surface area contributed by atoms with Gasteiger partial charge in [0.15, 0.2) is 0 Å². The van der Waals surface area contributed by atoms with Gasteiger partial charge in [-0.05, 0) is 11.0 Å². The van der Waals surface area contributed by atoms with Gasteiger partial charge in [-0.1, -0.05) is 12.2 Å². The van der Waals surface area contributed by atoms with Gasteiger partial charge in [0.2, 0.25) is 0 Å². The number of H-pyrrole nitrogens is 1. The van der Waals surface area contributed by atoms with Crippen molar-refractivity contribution >= 4 is 17.6 Å². The van der Waals surface area contributed by atoms with Crippen LogP contribution in [0.2, 0.25) is 0 Å². The normalized spacial score (nSPS) is 14.0. The van der Waals surface area contributed by atoms with Crippen LogP contribution >= 0.6 is 0 Å². The summed E-state index contributed by atoms with van der Waals surface area (Å²) < 4.78 is 0. The van der Waals surface area contributed by atoms with Gasteiger partial charge >= 0.3 is 11.8 Å². The number of amidine groups is 1. The average molecular weight is 273 g/mol. The Hall–Kier alpha value is -2.70. The molecule has 104 valence electrons. The third-order valence-electron chi connectivity index (χ3n) is 2.78. The number of aromatic nitrogens is 2. The molecule has 1 aromatic rings. The summed E-state index contributed by atoms with van der Waals surface area (Å²) in [6.07, 6.45) is 7.78. The lowest BCUT2D eigenvalue weighted by molar-refractivity contribution is -0.389. The van der Waals surface area contributed by atoms with Crippen LogP contribution in [0.5, 0.6) is 0 Å². The summed E-state index contributed by atoms with van der Waals surface area (Å²) in [5, 5.41) is 11.0. The fourth-order valence-electron chi connectivity index (χ4n) is 1.91. The fraction of sp³-hybridized carbons (Fsp3) is 0.231. The molecular weight excluding hydrogens is 258 g/mol. The van der Waals surface area contributed by atoms with Gasteiger partial charge in [-0.15, -0.1) is 13.2 Å². The van der Waals surface area contributed by atoms with Crippen molar-refractivity contribution < 1.29 is 4.92 Å². The molecule has 0 atom stereocenters. The van der Waals surface area contributed by atoms with Crippen LogP contribution in [-0.4, -0.2) is 27.3 Å². The largest absolute Gasteiger partial charge is 0.358 e. The number of hydrogen-bond donors (Lipinski definition) is 1. The summed E-state index contributed by atoms with van der Waals surface area (Å²) in [5.74, 6) is 1.06. The summed E-state index contributed by atoms with van der Waals surface area (Å²) >= 11 is 0. The minimum atomic E-state index is -0.473. The number of aromatic amines is 1. The molecule has 0 fully saturated rings. The molecule has 0 amide bonds. The molecule has 1 aliphatic rings. The molecule has 0 spiro atoms. The number of nitrogens with zero attached hydrogens (tertiary/aromatic N) is 4. The van der Waals surface area contributed by atoms with Crippen molar-refractivity contribution in [2.24, 2.45) is 4.99 Å². The Bertz CT molecular complexity index is 600. The van der Waals surface area contributed by atoms with E-state index >= 15 is 0 Å². The van der Waals surface area contributed by atoms with Crippen molar-refractivity contribution in [2.75, 3.05) is 11.4 Å². The van der Waals surface area contributed by atoms with E-state index in [-0.39, 0.29) is 5.82 Å². The maximum absolute atomic E-state index is 11.0. The highest BCUT2D eigenvalue weighted by Crippen LogP contribution is 2.23. The first-order valence-electron chi connectivity index (χ1n) is 6.11. The second-order valence-electron chi connectivity index (χ2n) is 4.14. The van der Waals surface area contributed by atoms with Crippen molar-refractivity contribution in [3.63, 3.8) is 0 Å². The number of rotatable bonds is 6. The quantitative estimate of drug-likeness (QED) is 0.489. The van der Waals surface area contributed by atoms with E-state index in [2.05, 4.69) is 28.1 Å². The Morgan fingerprint density at radius 2 is 2.20 bits per heavy atom. The Morgan fingerprint density at radius 1 is 1.45 bits per heavy atom. The topological polar surface area (TPSA) is 87.4 Å². The maximum Gasteiger partial charge on any atom is 0.345 e. The number of allylic oxidation sites excluding steroid dienone is 1. The summed E-state index contributed by atoms with van der Waals surface area (Å²) in [6.45, 7) is 7.82. The molecule has 0 aliphatic carbocycles. The van der Waals surface area contributed by atoms with E-state index in [1.165, 1.54) is 0 Å². The molecule has 7 nitrogen and oxygen atoms in total. The highest BCUT2D eigenvalue weighted by molar-refractivity contribution is 5.98. The summed E-state index contributed by atoms with van der Waals surface area (Å²) in [6, 6.07) is 0. The second kappa shape index (κ2) is 5.96. The fourth-order valence-corrected chi connectivity index (χ4v) is 1.91. The van der Waals surface area contributed by atoms with Crippen molar-refractivity contribution in [2.45, 2.75) is 12.8 Å². The van der Waals surface area contributed by atoms with E-state index in [0.717, 1.165) is 5.84 Å². The summed E-state index contributed by atoms with van der Waals surface area (Å²) in [7, 11) is 0. The van der Waals surface area contributed by atoms with Gasteiger partial charge in [-0.2, -0.15) is 4.98 Å². The Balaban J connectivity index is 2.37. The van der Waals surface area contributed by atoms with Crippen molar-refractivity contribution in [1.82, 2.24) is 9.97 Å². The van der Waals surface area contributed by atoms with Gasteiger partial charge in [0.1, 0.15) is 11.5 Å². The lowest BCUT2D eigenvalue weighted by Crippen LogP contribution is -2.33. The number of hydrogen-bond acceptors (Lipinski definition) is 5. The lowest BCUT2D eigenvalue weighted by atomic mass is 10.3. The summed E-state index contributed by atoms with van der Waals surface area (Å²) in [4.78, 5) is 23.6. The first-order chi connectivity index (χ1) is 9.67. The van der Waals surface area contributed by atoms with E-state index in [9.17, 15) is 10.1 Å². The molecule has 20 heavy (non-hydrogen) atoms. The number of imidazole rings is 1. The predicted molar refractivity (Wildman–Crippen MR) is 77.9 cm³/mol. The number of anilines is 1. The van der Waals surface area contributed by atoms with Gasteiger partial charge in [-0.3, -0.25) is 4.90 Å². The molecule has 7 heteroatoms. The Morgan fingerprint density at radius 3 is 2.85 bits per heavy atom. The van der Waals surface area contributed by atoms with Crippen molar-refractivity contribution in [3.8, 4) is 0 Å². The molecule has 0 radical (unpaired) electrons. The van der Waals surface area contributed by atoms with Crippen LogP contribution in [0, 0.1) is 10.1 Å². The molecule has 0 unspecified atom stereocenters. The monoisotopic (exact) mass is 273 g/mol. The van der Waals surface area contributed by atoms with E-state index in [4.69, 9.17) is 0 Å². The second-order valence-corrected chi connectivity index (χ2v) is 4.14. The maximum atomic E-state index is 11.0.